The van der Waals surface area contributed by atoms with Crippen molar-refractivity contribution in [3.8, 4) is 0 Å². The van der Waals surface area contributed by atoms with Crippen LogP contribution in [0.2, 0.25) is 5.02 Å². The normalized spacial score (nSPS) is 12.1. The lowest BCUT2D eigenvalue weighted by Gasteiger charge is -2.14. The first-order chi connectivity index (χ1) is 9.08. The number of aliphatic carboxylic acids is 1. The van der Waals surface area contributed by atoms with E-state index in [0.29, 0.717) is 11.4 Å². The molecule has 0 radical (unpaired) electrons. The van der Waals surface area contributed by atoms with E-state index in [4.69, 9.17) is 11.6 Å². The van der Waals surface area contributed by atoms with E-state index in [-0.39, 0.29) is 0 Å². The maximum absolute atomic E-state index is 11.5. The molecule has 19 heavy (non-hydrogen) atoms. The Kier molecular flexibility index (Phi) is 4.23. The van der Waals surface area contributed by atoms with Gasteiger partial charge in [-0.25, -0.2) is 0 Å². The van der Waals surface area contributed by atoms with Gasteiger partial charge in [-0.1, -0.05) is 48.0 Å². The quantitative estimate of drug-likeness (QED) is 0.913. The van der Waals surface area contributed by atoms with E-state index >= 15 is 0 Å². The maximum atomic E-state index is 11.5. The number of hydrogen-bond acceptors (Lipinski definition) is 1. The van der Waals surface area contributed by atoms with Crippen molar-refractivity contribution in [1.82, 2.24) is 0 Å². The summed E-state index contributed by atoms with van der Waals surface area (Å²) >= 11 is 5.93. The minimum Gasteiger partial charge on any atom is -0.481 e. The number of rotatable bonds is 4. The molecule has 3 heteroatoms. The highest BCUT2D eigenvalue weighted by atomic mass is 35.5. The molecule has 2 aromatic rings. The van der Waals surface area contributed by atoms with Crippen LogP contribution in [0.3, 0.4) is 0 Å². The van der Waals surface area contributed by atoms with Crippen LogP contribution in [0, 0.1) is 6.92 Å². The second-order valence-corrected chi connectivity index (χ2v) is 5.01. The molecule has 1 N–H and O–H groups in total. The fourth-order valence-corrected chi connectivity index (χ4v) is 2.33. The third kappa shape index (κ3) is 3.36. The lowest BCUT2D eigenvalue weighted by Crippen LogP contribution is -2.15. The molecule has 2 rings (SSSR count). The summed E-state index contributed by atoms with van der Waals surface area (Å²) in [5.74, 6) is -1.40. The molecule has 2 nitrogen and oxygen atoms in total. The molecule has 0 aromatic heterocycles. The molecule has 0 aliphatic rings. The molecule has 1 unspecified atom stereocenters. The molecular weight excluding hydrogens is 260 g/mol. The summed E-state index contributed by atoms with van der Waals surface area (Å²) in [5.41, 5.74) is 2.90. The van der Waals surface area contributed by atoms with Gasteiger partial charge in [0.1, 0.15) is 0 Å². The lowest BCUT2D eigenvalue weighted by atomic mass is 9.90. The Balaban J connectivity index is 2.32. The topological polar surface area (TPSA) is 37.3 Å². The van der Waals surface area contributed by atoms with E-state index in [0.717, 1.165) is 16.7 Å². The van der Waals surface area contributed by atoms with Crippen molar-refractivity contribution in [3.05, 3.63) is 70.2 Å². The van der Waals surface area contributed by atoms with Crippen molar-refractivity contribution in [2.75, 3.05) is 0 Å². The summed E-state index contributed by atoms with van der Waals surface area (Å²) in [6.07, 6.45) is 0.475. The van der Waals surface area contributed by atoms with E-state index in [1.165, 1.54) is 0 Å². The monoisotopic (exact) mass is 274 g/mol. The molecule has 0 amide bonds. The Bertz CT molecular complexity index is 593. The van der Waals surface area contributed by atoms with E-state index < -0.39 is 11.9 Å². The van der Waals surface area contributed by atoms with Gasteiger partial charge in [-0.05, 0) is 42.2 Å². The Morgan fingerprint density at radius 3 is 2.58 bits per heavy atom. The predicted molar refractivity (Wildman–Crippen MR) is 76.7 cm³/mol. The van der Waals surface area contributed by atoms with Gasteiger partial charge in [0.2, 0.25) is 0 Å². The molecular formula is C16H15ClO2. The summed E-state index contributed by atoms with van der Waals surface area (Å²) in [6.45, 7) is 1.99. The van der Waals surface area contributed by atoms with Crippen molar-refractivity contribution in [1.29, 1.82) is 0 Å². The molecule has 0 bridgehead atoms. The van der Waals surface area contributed by atoms with Crippen LogP contribution in [-0.2, 0) is 11.2 Å². The van der Waals surface area contributed by atoms with Gasteiger partial charge in [-0.15, -0.1) is 0 Å². The molecule has 98 valence electrons. The van der Waals surface area contributed by atoms with Gasteiger partial charge in [0.15, 0.2) is 0 Å². The van der Waals surface area contributed by atoms with Crippen LogP contribution in [0.5, 0.6) is 0 Å². The second kappa shape index (κ2) is 5.89. The lowest BCUT2D eigenvalue weighted by molar-refractivity contribution is -0.138. The third-order valence-electron chi connectivity index (χ3n) is 3.23. The highest BCUT2D eigenvalue weighted by Gasteiger charge is 2.21. The zero-order valence-corrected chi connectivity index (χ0v) is 11.4. The molecule has 0 aliphatic heterocycles. The van der Waals surface area contributed by atoms with E-state index in [1.54, 1.807) is 18.2 Å². The van der Waals surface area contributed by atoms with Crippen LogP contribution in [0.1, 0.15) is 22.6 Å². The summed E-state index contributed by atoms with van der Waals surface area (Å²) in [5, 5.41) is 9.99. The summed E-state index contributed by atoms with van der Waals surface area (Å²) in [6, 6.07) is 14.9. The third-order valence-corrected chi connectivity index (χ3v) is 3.47. The van der Waals surface area contributed by atoms with Gasteiger partial charge < -0.3 is 5.11 Å². The Labute approximate surface area is 117 Å². The van der Waals surface area contributed by atoms with Crippen LogP contribution in [0.15, 0.2) is 48.5 Å². The molecule has 0 spiro atoms. The van der Waals surface area contributed by atoms with Gasteiger partial charge >= 0.3 is 5.97 Å². The standard InChI is InChI=1S/C16H15ClO2/c1-11-5-2-3-6-12(11)10-15(16(18)19)13-7-4-8-14(17)9-13/h2-9,15H,10H2,1H3,(H,18,19). The van der Waals surface area contributed by atoms with Crippen LogP contribution in [-0.4, -0.2) is 11.1 Å². The number of carboxylic acid groups (broad SMARTS) is 1. The van der Waals surface area contributed by atoms with Gasteiger partial charge in [-0.3, -0.25) is 4.79 Å². The zero-order valence-electron chi connectivity index (χ0n) is 10.6. The molecule has 0 saturated heterocycles. The van der Waals surface area contributed by atoms with Crippen molar-refractivity contribution in [2.45, 2.75) is 19.3 Å². The zero-order chi connectivity index (χ0) is 13.8. The van der Waals surface area contributed by atoms with E-state index in [9.17, 15) is 9.90 Å². The Hall–Kier alpha value is -1.80. The highest BCUT2D eigenvalue weighted by molar-refractivity contribution is 6.30. The molecule has 0 aliphatic carbocycles. The molecule has 0 saturated carbocycles. The van der Waals surface area contributed by atoms with Gasteiger partial charge in [0.25, 0.3) is 0 Å². The number of halogens is 1. The number of carbonyl (C=O) groups is 1. The first-order valence-corrected chi connectivity index (χ1v) is 6.48. The van der Waals surface area contributed by atoms with Crippen LogP contribution in [0.25, 0.3) is 0 Å². The first kappa shape index (κ1) is 13.6. The van der Waals surface area contributed by atoms with Crippen LogP contribution >= 0.6 is 11.6 Å². The minimum absolute atomic E-state index is 0.475. The predicted octanol–water partition coefficient (Wildman–Crippen LogP) is 4.06. The number of benzene rings is 2. The molecule has 0 fully saturated rings. The Morgan fingerprint density at radius 1 is 1.21 bits per heavy atom. The second-order valence-electron chi connectivity index (χ2n) is 4.58. The Morgan fingerprint density at radius 2 is 1.95 bits per heavy atom. The average Bonchev–Trinajstić information content (AvgIpc) is 2.37. The summed E-state index contributed by atoms with van der Waals surface area (Å²) < 4.78 is 0. The average molecular weight is 275 g/mol. The molecule has 1 atom stereocenters. The minimum atomic E-state index is -0.828. The largest absolute Gasteiger partial charge is 0.481 e. The van der Waals surface area contributed by atoms with E-state index in [2.05, 4.69) is 0 Å². The number of carboxylic acids is 1. The summed E-state index contributed by atoms with van der Waals surface area (Å²) in [7, 11) is 0. The van der Waals surface area contributed by atoms with E-state index in [1.807, 2.05) is 37.3 Å². The first-order valence-electron chi connectivity index (χ1n) is 6.10. The van der Waals surface area contributed by atoms with Crippen molar-refractivity contribution >= 4 is 17.6 Å². The van der Waals surface area contributed by atoms with Crippen molar-refractivity contribution in [3.63, 3.8) is 0 Å². The number of hydrogen-bond donors (Lipinski definition) is 1. The fraction of sp³-hybridized carbons (Fsp3) is 0.188. The van der Waals surface area contributed by atoms with Crippen molar-refractivity contribution < 1.29 is 9.90 Å². The van der Waals surface area contributed by atoms with Gasteiger partial charge in [-0.2, -0.15) is 0 Å². The highest BCUT2D eigenvalue weighted by Crippen LogP contribution is 2.25. The smallest absolute Gasteiger partial charge is 0.311 e. The van der Waals surface area contributed by atoms with Gasteiger partial charge in [0, 0.05) is 5.02 Å². The SMILES string of the molecule is Cc1ccccc1CC(C(=O)O)c1cccc(Cl)c1. The fourth-order valence-electron chi connectivity index (χ4n) is 2.13. The summed E-state index contributed by atoms with van der Waals surface area (Å²) in [4.78, 5) is 11.5. The number of aryl methyl sites for hydroxylation is 1. The molecule has 2 aromatic carbocycles. The van der Waals surface area contributed by atoms with Gasteiger partial charge in [0.05, 0.1) is 5.92 Å². The van der Waals surface area contributed by atoms with Crippen LogP contribution < -0.4 is 0 Å². The van der Waals surface area contributed by atoms with Crippen LogP contribution in [0.4, 0.5) is 0 Å². The van der Waals surface area contributed by atoms with Crippen molar-refractivity contribution in [2.24, 2.45) is 0 Å². The molecule has 0 heterocycles. The maximum Gasteiger partial charge on any atom is 0.311 e.